The summed E-state index contributed by atoms with van der Waals surface area (Å²) in [6.07, 6.45) is 0.364. The molecule has 19 heavy (non-hydrogen) atoms. The number of amides is 1. The molecule has 1 aromatic carbocycles. The molecule has 1 amide bonds. The van der Waals surface area contributed by atoms with Gasteiger partial charge in [-0.15, -0.1) is 0 Å². The number of nitrogens with zero attached hydrogens (tertiary/aromatic N) is 1. The highest BCUT2D eigenvalue weighted by Gasteiger charge is 2.12. The second-order valence-electron chi connectivity index (χ2n) is 4.58. The lowest BCUT2D eigenvalue weighted by molar-refractivity contribution is -0.129. The van der Waals surface area contributed by atoms with Crippen LogP contribution in [0.15, 0.2) is 18.2 Å². The monoisotopic (exact) mass is 284 g/mol. The molecule has 0 saturated heterocycles. The van der Waals surface area contributed by atoms with Gasteiger partial charge >= 0.3 is 0 Å². The molecule has 0 aliphatic carbocycles. The summed E-state index contributed by atoms with van der Waals surface area (Å²) >= 11 is 6.00. The van der Waals surface area contributed by atoms with Crippen molar-refractivity contribution in [3.63, 3.8) is 0 Å². The molecule has 0 radical (unpaired) electrons. The van der Waals surface area contributed by atoms with Gasteiger partial charge in [-0.1, -0.05) is 11.6 Å². The summed E-state index contributed by atoms with van der Waals surface area (Å²) in [5.41, 5.74) is 0.993. The van der Waals surface area contributed by atoms with Gasteiger partial charge in [0.05, 0.1) is 13.0 Å². The fraction of sp³-hybridized carbons (Fsp3) is 0.500. The molecule has 0 spiro atoms. The van der Waals surface area contributed by atoms with Gasteiger partial charge in [-0.2, -0.15) is 0 Å². The van der Waals surface area contributed by atoms with Gasteiger partial charge in [0, 0.05) is 30.7 Å². The Morgan fingerprint density at radius 3 is 2.74 bits per heavy atom. The maximum atomic E-state index is 11.5. The van der Waals surface area contributed by atoms with Crippen LogP contribution in [-0.2, 0) is 4.79 Å². The normalized spacial score (nSPS) is 12.1. The van der Waals surface area contributed by atoms with Gasteiger partial charge in [0.25, 0.3) is 0 Å². The van der Waals surface area contributed by atoms with Crippen LogP contribution in [0.25, 0.3) is 0 Å². The van der Waals surface area contributed by atoms with Gasteiger partial charge in [-0.05, 0) is 32.2 Å². The van der Waals surface area contributed by atoms with Crippen molar-refractivity contribution in [3.05, 3.63) is 28.8 Å². The third-order valence-electron chi connectivity index (χ3n) is 2.94. The van der Waals surface area contributed by atoms with E-state index in [1.807, 2.05) is 26.1 Å². The molecule has 0 aliphatic rings. The van der Waals surface area contributed by atoms with E-state index in [4.69, 9.17) is 16.3 Å². The molecule has 1 atom stereocenters. The van der Waals surface area contributed by atoms with E-state index in [2.05, 4.69) is 5.32 Å². The number of rotatable bonds is 6. The molecule has 1 unspecified atom stereocenters. The third kappa shape index (κ3) is 4.73. The molecular weight excluding hydrogens is 264 g/mol. The van der Waals surface area contributed by atoms with Crippen molar-refractivity contribution in [2.45, 2.75) is 19.4 Å². The zero-order valence-corrected chi connectivity index (χ0v) is 12.6. The lowest BCUT2D eigenvalue weighted by Gasteiger charge is -2.17. The maximum Gasteiger partial charge on any atom is 0.225 e. The fourth-order valence-corrected chi connectivity index (χ4v) is 1.80. The first kappa shape index (κ1) is 15.8. The van der Waals surface area contributed by atoms with Crippen LogP contribution in [-0.4, -0.2) is 38.6 Å². The average Bonchev–Trinajstić information content (AvgIpc) is 2.39. The first-order valence-corrected chi connectivity index (χ1v) is 6.63. The van der Waals surface area contributed by atoms with E-state index in [1.54, 1.807) is 25.1 Å². The van der Waals surface area contributed by atoms with Crippen molar-refractivity contribution in [2.24, 2.45) is 0 Å². The molecule has 0 aromatic heterocycles. The Labute approximate surface area is 119 Å². The SMILES string of the molecule is CNC(C)c1cc(Cl)ccc1OCCC(=O)N(C)C. The summed E-state index contributed by atoms with van der Waals surface area (Å²) in [6, 6.07) is 5.65. The highest BCUT2D eigenvalue weighted by atomic mass is 35.5. The average molecular weight is 285 g/mol. The summed E-state index contributed by atoms with van der Waals surface area (Å²) < 4.78 is 5.69. The largest absolute Gasteiger partial charge is 0.493 e. The quantitative estimate of drug-likeness (QED) is 0.873. The smallest absolute Gasteiger partial charge is 0.225 e. The van der Waals surface area contributed by atoms with E-state index in [9.17, 15) is 4.79 Å². The number of benzene rings is 1. The molecule has 106 valence electrons. The van der Waals surface area contributed by atoms with E-state index in [1.165, 1.54) is 0 Å². The molecular formula is C14H21ClN2O2. The molecule has 0 aliphatic heterocycles. The topological polar surface area (TPSA) is 41.6 Å². The van der Waals surface area contributed by atoms with E-state index >= 15 is 0 Å². The minimum atomic E-state index is 0.0529. The molecule has 4 nitrogen and oxygen atoms in total. The van der Waals surface area contributed by atoms with Crippen LogP contribution in [0.5, 0.6) is 5.75 Å². The van der Waals surface area contributed by atoms with Gasteiger partial charge in [0.15, 0.2) is 0 Å². The highest BCUT2D eigenvalue weighted by molar-refractivity contribution is 6.30. The van der Waals surface area contributed by atoms with Gasteiger partial charge in [-0.3, -0.25) is 4.79 Å². The third-order valence-corrected chi connectivity index (χ3v) is 3.18. The van der Waals surface area contributed by atoms with Crippen molar-refractivity contribution < 1.29 is 9.53 Å². The Bertz CT molecular complexity index is 435. The minimum Gasteiger partial charge on any atom is -0.493 e. The van der Waals surface area contributed by atoms with Crippen LogP contribution in [0.3, 0.4) is 0 Å². The van der Waals surface area contributed by atoms with Crippen molar-refractivity contribution in [3.8, 4) is 5.75 Å². The molecule has 1 N–H and O–H groups in total. The van der Waals surface area contributed by atoms with E-state index < -0.39 is 0 Å². The number of carbonyl (C=O) groups excluding carboxylic acids is 1. The Morgan fingerprint density at radius 1 is 1.47 bits per heavy atom. The molecule has 0 saturated carbocycles. The lowest BCUT2D eigenvalue weighted by Crippen LogP contribution is -2.23. The van der Waals surface area contributed by atoms with Crippen LogP contribution < -0.4 is 10.1 Å². The summed E-state index contributed by atoms with van der Waals surface area (Å²) in [4.78, 5) is 13.0. The van der Waals surface area contributed by atoms with Crippen molar-refractivity contribution in [1.82, 2.24) is 10.2 Å². The van der Waals surface area contributed by atoms with Crippen LogP contribution >= 0.6 is 11.6 Å². The molecule has 0 heterocycles. The number of hydrogen-bond donors (Lipinski definition) is 1. The molecule has 5 heteroatoms. The standard InChI is InChI=1S/C14H21ClN2O2/c1-10(16-2)12-9-11(15)5-6-13(12)19-8-7-14(18)17(3)4/h5-6,9-10,16H,7-8H2,1-4H3. The van der Waals surface area contributed by atoms with Crippen LogP contribution in [0, 0.1) is 0 Å². The van der Waals surface area contributed by atoms with Gasteiger partial charge in [0.1, 0.15) is 5.75 Å². The molecule has 1 rings (SSSR count). The summed E-state index contributed by atoms with van der Waals surface area (Å²) in [6.45, 7) is 2.39. The predicted octanol–water partition coefficient (Wildman–Crippen LogP) is 2.48. The molecule has 0 fully saturated rings. The number of ether oxygens (including phenoxy) is 1. The van der Waals surface area contributed by atoms with Crippen LogP contribution in [0.4, 0.5) is 0 Å². The Hall–Kier alpha value is -1.26. The maximum absolute atomic E-state index is 11.5. The predicted molar refractivity (Wildman–Crippen MR) is 77.7 cm³/mol. The number of hydrogen-bond acceptors (Lipinski definition) is 3. The zero-order valence-electron chi connectivity index (χ0n) is 11.9. The number of nitrogens with one attached hydrogen (secondary N) is 1. The fourth-order valence-electron chi connectivity index (χ4n) is 1.62. The highest BCUT2D eigenvalue weighted by Crippen LogP contribution is 2.28. The summed E-state index contributed by atoms with van der Waals surface area (Å²) in [5.74, 6) is 0.815. The summed E-state index contributed by atoms with van der Waals surface area (Å²) in [7, 11) is 5.35. The molecule has 0 bridgehead atoms. The first-order chi connectivity index (χ1) is 8.95. The minimum absolute atomic E-state index is 0.0529. The van der Waals surface area contributed by atoms with Crippen LogP contribution in [0.2, 0.25) is 5.02 Å². The van der Waals surface area contributed by atoms with Crippen molar-refractivity contribution in [1.29, 1.82) is 0 Å². The second-order valence-corrected chi connectivity index (χ2v) is 5.02. The lowest BCUT2D eigenvalue weighted by atomic mass is 10.1. The van der Waals surface area contributed by atoms with E-state index in [0.717, 1.165) is 11.3 Å². The van der Waals surface area contributed by atoms with Gasteiger partial charge < -0.3 is 15.0 Å². The molecule has 1 aromatic rings. The summed E-state index contributed by atoms with van der Waals surface area (Å²) in [5, 5.41) is 3.83. The zero-order chi connectivity index (χ0) is 14.4. The first-order valence-electron chi connectivity index (χ1n) is 6.25. The van der Waals surface area contributed by atoms with Gasteiger partial charge in [-0.25, -0.2) is 0 Å². The number of halogens is 1. The van der Waals surface area contributed by atoms with E-state index in [-0.39, 0.29) is 11.9 Å². The Morgan fingerprint density at radius 2 is 2.16 bits per heavy atom. The van der Waals surface area contributed by atoms with E-state index in [0.29, 0.717) is 18.1 Å². The second kappa shape index (κ2) is 7.36. The number of carbonyl (C=O) groups is 1. The Kier molecular flexibility index (Phi) is 6.12. The Balaban J connectivity index is 2.70. The van der Waals surface area contributed by atoms with Gasteiger partial charge in [0.2, 0.25) is 5.91 Å². The van der Waals surface area contributed by atoms with Crippen molar-refractivity contribution in [2.75, 3.05) is 27.7 Å². The van der Waals surface area contributed by atoms with Crippen LogP contribution in [0.1, 0.15) is 24.9 Å². The van der Waals surface area contributed by atoms with Crippen molar-refractivity contribution >= 4 is 17.5 Å².